The summed E-state index contributed by atoms with van der Waals surface area (Å²) in [7, 11) is 0. The molecule has 1 saturated heterocycles. The first-order chi connectivity index (χ1) is 7.63. The summed E-state index contributed by atoms with van der Waals surface area (Å²) >= 11 is 4.70. The Hall–Kier alpha value is -0.720. The summed E-state index contributed by atoms with van der Waals surface area (Å²) in [6, 6.07) is 0. The predicted molar refractivity (Wildman–Crippen MR) is 64.0 cm³/mol. The average Bonchev–Trinajstić information content (AvgIpc) is 2.26. The standard InChI is InChI=1S/C10H18N2O3S/c11-9(16)7-10(14)12-3-1-8(2-4-12)15-6-5-13/h8,13H,1-7H2,(H2,11,16). The van der Waals surface area contributed by atoms with E-state index in [2.05, 4.69) is 0 Å². The first kappa shape index (κ1) is 13.3. The number of thiocarbonyl (C=S) groups is 1. The molecule has 3 N–H and O–H groups in total. The molecule has 1 aliphatic rings. The number of nitrogens with zero attached hydrogens (tertiary/aromatic N) is 1. The molecule has 0 aromatic rings. The number of aliphatic hydroxyl groups excluding tert-OH is 1. The topological polar surface area (TPSA) is 75.8 Å². The van der Waals surface area contributed by atoms with Crippen molar-refractivity contribution >= 4 is 23.1 Å². The molecule has 0 saturated carbocycles. The van der Waals surface area contributed by atoms with E-state index in [1.165, 1.54) is 0 Å². The Balaban J connectivity index is 2.26. The van der Waals surface area contributed by atoms with Crippen LogP contribution in [0.3, 0.4) is 0 Å². The lowest BCUT2D eigenvalue weighted by Gasteiger charge is -2.31. The first-order valence-electron chi connectivity index (χ1n) is 5.42. The molecule has 16 heavy (non-hydrogen) atoms. The van der Waals surface area contributed by atoms with E-state index < -0.39 is 0 Å². The second-order valence-corrected chi connectivity index (χ2v) is 4.34. The maximum atomic E-state index is 11.6. The minimum Gasteiger partial charge on any atom is -0.394 e. The number of rotatable bonds is 5. The molecule has 0 atom stereocenters. The number of carbonyl (C=O) groups excluding carboxylic acids is 1. The van der Waals surface area contributed by atoms with Gasteiger partial charge in [-0.1, -0.05) is 12.2 Å². The molecule has 5 nitrogen and oxygen atoms in total. The molecule has 6 heteroatoms. The third-order valence-electron chi connectivity index (χ3n) is 2.56. The quantitative estimate of drug-likeness (QED) is 0.649. The molecule has 1 heterocycles. The van der Waals surface area contributed by atoms with Gasteiger partial charge in [0, 0.05) is 13.1 Å². The van der Waals surface area contributed by atoms with Crippen LogP contribution in [-0.2, 0) is 9.53 Å². The molecule has 0 spiro atoms. The highest BCUT2D eigenvalue weighted by atomic mass is 32.1. The normalized spacial score (nSPS) is 17.4. The zero-order chi connectivity index (χ0) is 12.0. The fraction of sp³-hybridized carbons (Fsp3) is 0.800. The number of aliphatic hydroxyl groups is 1. The number of nitrogens with two attached hydrogens (primary N) is 1. The summed E-state index contributed by atoms with van der Waals surface area (Å²) in [6.45, 7) is 1.77. The second-order valence-electron chi connectivity index (χ2n) is 3.82. The molecule has 0 bridgehead atoms. The van der Waals surface area contributed by atoms with Gasteiger partial charge in [-0.05, 0) is 12.8 Å². The molecule has 0 aromatic carbocycles. The van der Waals surface area contributed by atoms with Crippen molar-refractivity contribution in [3.05, 3.63) is 0 Å². The minimum absolute atomic E-state index is 0.00638. The van der Waals surface area contributed by atoms with Crippen molar-refractivity contribution in [2.75, 3.05) is 26.3 Å². The van der Waals surface area contributed by atoms with Gasteiger partial charge in [0.1, 0.15) is 0 Å². The molecule has 1 amide bonds. The van der Waals surface area contributed by atoms with Gasteiger partial charge in [-0.2, -0.15) is 0 Å². The largest absolute Gasteiger partial charge is 0.394 e. The highest BCUT2D eigenvalue weighted by Gasteiger charge is 2.23. The van der Waals surface area contributed by atoms with E-state index in [4.69, 9.17) is 27.8 Å². The lowest BCUT2D eigenvalue weighted by Crippen LogP contribution is -2.42. The summed E-state index contributed by atoms with van der Waals surface area (Å²) in [5.74, 6) is -0.00638. The molecular weight excluding hydrogens is 228 g/mol. The van der Waals surface area contributed by atoms with Crippen LogP contribution in [0.4, 0.5) is 0 Å². The molecule has 0 aromatic heterocycles. The van der Waals surface area contributed by atoms with E-state index in [1.807, 2.05) is 0 Å². The van der Waals surface area contributed by atoms with E-state index in [-0.39, 0.29) is 30.0 Å². The van der Waals surface area contributed by atoms with Crippen LogP contribution in [0.2, 0.25) is 0 Å². The van der Waals surface area contributed by atoms with Gasteiger partial charge in [0.2, 0.25) is 5.91 Å². The molecule has 1 fully saturated rings. The molecule has 0 aliphatic carbocycles. The minimum atomic E-state index is -0.00638. The lowest BCUT2D eigenvalue weighted by atomic mass is 10.1. The molecule has 0 unspecified atom stereocenters. The summed E-state index contributed by atoms with van der Waals surface area (Å²) in [4.78, 5) is 13.6. The fourth-order valence-electron chi connectivity index (χ4n) is 1.75. The Bertz CT molecular complexity index is 252. The molecule has 92 valence electrons. The zero-order valence-corrected chi connectivity index (χ0v) is 10.0. The highest BCUT2D eigenvalue weighted by Crippen LogP contribution is 2.14. The van der Waals surface area contributed by atoms with E-state index in [9.17, 15) is 4.79 Å². The van der Waals surface area contributed by atoms with Gasteiger partial charge in [-0.25, -0.2) is 0 Å². The molecular formula is C10H18N2O3S. The van der Waals surface area contributed by atoms with Crippen LogP contribution >= 0.6 is 12.2 Å². The van der Waals surface area contributed by atoms with E-state index in [1.54, 1.807) is 4.90 Å². The summed E-state index contributed by atoms with van der Waals surface area (Å²) < 4.78 is 5.40. The van der Waals surface area contributed by atoms with Crippen molar-refractivity contribution in [3.8, 4) is 0 Å². The summed E-state index contributed by atoms with van der Waals surface area (Å²) in [5.41, 5.74) is 5.32. The van der Waals surface area contributed by atoms with E-state index in [0.29, 0.717) is 19.7 Å². The summed E-state index contributed by atoms with van der Waals surface area (Å²) in [6.07, 6.45) is 1.92. The molecule has 1 aliphatic heterocycles. The van der Waals surface area contributed by atoms with Crippen LogP contribution < -0.4 is 5.73 Å². The Kier molecular flexibility index (Phi) is 5.65. The number of ether oxygens (including phenoxy) is 1. The van der Waals surface area contributed by atoms with Crippen LogP contribution in [0, 0.1) is 0 Å². The predicted octanol–water partition coefficient (Wildman–Crippen LogP) is -0.338. The van der Waals surface area contributed by atoms with Gasteiger partial charge < -0.3 is 20.5 Å². The van der Waals surface area contributed by atoms with Gasteiger partial charge in [0.15, 0.2) is 0 Å². The van der Waals surface area contributed by atoms with Gasteiger partial charge in [-0.15, -0.1) is 0 Å². The van der Waals surface area contributed by atoms with Gasteiger partial charge in [0.05, 0.1) is 30.7 Å². The van der Waals surface area contributed by atoms with Crippen molar-refractivity contribution in [2.45, 2.75) is 25.4 Å². The van der Waals surface area contributed by atoms with Crippen molar-refractivity contribution in [2.24, 2.45) is 5.73 Å². The molecule has 1 rings (SSSR count). The summed E-state index contributed by atoms with van der Waals surface area (Å²) in [5, 5.41) is 8.62. The van der Waals surface area contributed by atoms with Crippen LogP contribution in [0.15, 0.2) is 0 Å². The smallest absolute Gasteiger partial charge is 0.229 e. The van der Waals surface area contributed by atoms with Gasteiger partial charge in [0.25, 0.3) is 0 Å². The van der Waals surface area contributed by atoms with Crippen LogP contribution in [-0.4, -0.2) is 53.3 Å². The number of amides is 1. The van der Waals surface area contributed by atoms with Gasteiger partial charge >= 0.3 is 0 Å². The third-order valence-corrected chi connectivity index (χ3v) is 2.71. The Labute approximate surface area is 101 Å². The highest BCUT2D eigenvalue weighted by molar-refractivity contribution is 7.80. The van der Waals surface area contributed by atoms with Crippen molar-refractivity contribution in [3.63, 3.8) is 0 Å². The third kappa shape index (κ3) is 4.42. The van der Waals surface area contributed by atoms with Crippen LogP contribution in [0.1, 0.15) is 19.3 Å². The van der Waals surface area contributed by atoms with Gasteiger partial charge in [-0.3, -0.25) is 4.79 Å². The Morgan fingerprint density at radius 3 is 2.62 bits per heavy atom. The van der Waals surface area contributed by atoms with E-state index in [0.717, 1.165) is 12.8 Å². The maximum Gasteiger partial charge on any atom is 0.229 e. The fourth-order valence-corrected chi connectivity index (χ4v) is 1.88. The number of piperidine rings is 1. The Morgan fingerprint density at radius 2 is 2.12 bits per heavy atom. The Morgan fingerprint density at radius 1 is 1.50 bits per heavy atom. The van der Waals surface area contributed by atoms with Crippen LogP contribution in [0.5, 0.6) is 0 Å². The number of likely N-dealkylation sites (tertiary alicyclic amines) is 1. The molecule has 0 radical (unpaired) electrons. The van der Waals surface area contributed by atoms with Crippen molar-refractivity contribution in [1.29, 1.82) is 0 Å². The lowest BCUT2D eigenvalue weighted by molar-refractivity contribution is -0.132. The van der Waals surface area contributed by atoms with Crippen molar-refractivity contribution < 1.29 is 14.6 Å². The number of hydrogen-bond acceptors (Lipinski definition) is 4. The SMILES string of the molecule is NC(=S)CC(=O)N1CCC(OCCO)CC1. The maximum absolute atomic E-state index is 11.6. The van der Waals surface area contributed by atoms with Crippen molar-refractivity contribution in [1.82, 2.24) is 4.90 Å². The first-order valence-corrected chi connectivity index (χ1v) is 5.83. The number of carbonyl (C=O) groups is 1. The second kappa shape index (κ2) is 6.78. The van der Waals surface area contributed by atoms with Crippen LogP contribution in [0.25, 0.3) is 0 Å². The number of hydrogen-bond donors (Lipinski definition) is 2. The average molecular weight is 246 g/mol. The monoisotopic (exact) mass is 246 g/mol. The zero-order valence-electron chi connectivity index (χ0n) is 9.22. The van der Waals surface area contributed by atoms with E-state index >= 15 is 0 Å².